The minimum absolute atomic E-state index is 0.357. The molecule has 0 saturated heterocycles. The fraction of sp³-hybridized carbons (Fsp3) is 0.333. The van der Waals surface area contributed by atoms with E-state index in [2.05, 4.69) is 15.4 Å². The summed E-state index contributed by atoms with van der Waals surface area (Å²) >= 11 is 0. The molecule has 3 N–H and O–H groups in total. The minimum Gasteiger partial charge on any atom is -0.494 e. The number of nitrogens with two attached hydrogens (primary N) is 1. The van der Waals surface area contributed by atoms with E-state index in [-0.39, 0.29) is 0 Å². The second kappa shape index (κ2) is 5.39. The molecule has 1 aromatic carbocycles. The molecule has 0 spiro atoms. The summed E-state index contributed by atoms with van der Waals surface area (Å²) in [7, 11) is 0. The first-order valence-electron chi connectivity index (χ1n) is 5.94. The van der Waals surface area contributed by atoms with Gasteiger partial charge < -0.3 is 15.8 Å². The molecule has 0 saturated carbocycles. The highest BCUT2D eigenvalue weighted by Crippen LogP contribution is 2.17. The second-order valence-corrected chi connectivity index (χ2v) is 3.66. The zero-order valence-electron chi connectivity index (χ0n) is 10.6. The number of anilines is 2. The molecular weight excluding hydrogens is 230 g/mol. The summed E-state index contributed by atoms with van der Waals surface area (Å²) in [5.41, 5.74) is 6.67. The maximum atomic E-state index is 5.82. The molecule has 0 bridgehead atoms. The lowest BCUT2D eigenvalue weighted by Crippen LogP contribution is -2.03. The van der Waals surface area contributed by atoms with Crippen LogP contribution in [0.3, 0.4) is 0 Å². The van der Waals surface area contributed by atoms with Crippen LogP contribution in [0.4, 0.5) is 11.9 Å². The van der Waals surface area contributed by atoms with Gasteiger partial charge in [-0.2, -0.15) is 9.67 Å². The zero-order chi connectivity index (χ0) is 13.0. The van der Waals surface area contributed by atoms with Gasteiger partial charge in [-0.25, -0.2) is 0 Å². The monoisotopic (exact) mass is 247 g/mol. The molecule has 2 aromatic rings. The van der Waals surface area contributed by atoms with E-state index >= 15 is 0 Å². The van der Waals surface area contributed by atoms with Gasteiger partial charge in [0.25, 0.3) is 0 Å². The van der Waals surface area contributed by atoms with E-state index in [1.54, 1.807) is 4.68 Å². The summed E-state index contributed by atoms with van der Waals surface area (Å²) in [6.45, 7) is 5.34. The third-order valence-electron chi connectivity index (χ3n) is 2.36. The van der Waals surface area contributed by atoms with Crippen molar-refractivity contribution in [3.05, 3.63) is 24.3 Å². The minimum atomic E-state index is 0.357. The number of rotatable bonds is 5. The van der Waals surface area contributed by atoms with Crippen LogP contribution in [0, 0.1) is 0 Å². The molecule has 18 heavy (non-hydrogen) atoms. The van der Waals surface area contributed by atoms with E-state index in [0.717, 1.165) is 18.0 Å². The highest BCUT2D eigenvalue weighted by molar-refractivity contribution is 5.43. The Balaban J connectivity index is 2.24. The lowest BCUT2D eigenvalue weighted by atomic mass is 10.3. The van der Waals surface area contributed by atoms with E-state index in [4.69, 9.17) is 10.5 Å². The Morgan fingerprint density at radius 1 is 1.28 bits per heavy atom. The highest BCUT2D eigenvalue weighted by Gasteiger charge is 2.07. The summed E-state index contributed by atoms with van der Waals surface area (Å²) < 4.78 is 6.97. The van der Waals surface area contributed by atoms with Crippen LogP contribution in [0.1, 0.15) is 13.8 Å². The van der Waals surface area contributed by atoms with Gasteiger partial charge in [0.1, 0.15) is 5.75 Å². The van der Waals surface area contributed by atoms with Crippen LogP contribution in [0.15, 0.2) is 24.3 Å². The SMILES string of the molecule is CCNc1nc(N)n(-c2ccc(OCC)cc2)n1. The van der Waals surface area contributed by atoms with Crippen LogP contribution in [-0.2, 0) is 0 Å². The van der Waals surface area contributed by atoms with Crippen LogP contribution in [0.5, 0.6) is 5.75 Å². The number of ether oxygens (including phenoxy) is 1. The van der Waals surface area contributed by atoms with Crippen LogP contribution in [0.25, 0.3) is 5.69 Å². The van der Waals surface area contributed by atoms with Crippen LogP contribution >= 0.6 is 0 Å². The van der Waals surface area contributed by atoms with Gasteiger partial charge in [-0.05, 0) is 38.1 Å². The third-order valence-corrected chi connectivity index (χ3v) is 2.36. The van der Waals surface area contributed by atoms with Gasteiger partial charge in [0.2, 0.25) is 11.9 Å². The summed E-state index contributed by atoms with van der Waals surface area (Å²) in [5.74, 6) is 1.71. The Morgan fingerprint density at radius 2 is 2.00 bits per heavy atom. The molecule has 96 valence electrons. The smallest absolute Gasteiger partial charge is 0.244 e. The van der Waals surface area contributed by atoms with E-state index < -0.39 is 0 Å². The first-order chi connectivity index (χ1) is 8.74. The summed E-state index contributed by atoms with van der Waals surface area (Å²) in [6, 6.07) is 7.55. The molecule has 0 radical (unpaired) electrons. The van der Waals surface area contributed by atoms with Crippen molar-refractivity contribution in [2.45, 2.75) is 13.8 Å². The second-order valence-electron chi connectivity index (χ2n) is 3.66. The predicted octanol–water partition coefficient (Wildman–Crippen LogP) is 1.68. The summed E-state index contributed by atoms with van der Waals surface area (Å²) in [6.07, 6.45) is 0. The molecule has 0 aliphatic carbocycles. The first-order valence-corrected chi connectivity index (χ1v) is 5.94. The summed E-state index contributed by atoms with van der Waals surface area (Å²) in [5, 5.41) is 7.30. The molecular formula is C12H17N5O. The van der Waals surface area contributed by atoms with Crippen molar-refractivity contribution >= 4 is 11.9 Å². The molecule has 6 nitrogen and oxygen atoms in total. The Morgan fingerprint density at radius 3 is 2.61 bits per heavy atom. The Kier molecular flexibility index (Phi) is 3.66. The number of nitrogen functional groups attached to an aromatic ring is 1. The topological polar surface area (TPSA) is 78.0 Å². The van der Waals surface area contributed by atoms with Crippen molar-refractivity contribution in [1.82, 2.24) is 14.8 Å². The zero-order valence-corrected chi connectivity index (χ0v) is 10.6. The van der Waals surface area contributed by atoms with Crippen molar-refractivity contribution < 1.29 is 4.74 Å². The van der Waals surface area contributed by atoms with Crippen LogP contribution in [0.2, 0.25) is 0 Å². The molecule has 0 amide bonds. The molecule has 0 atom stereocenters. The van der Waals surface area contributed by atoms with Gasteiger partial charge in [-0.15, -0.1) is 5.10 Å². The quantitative estimate of drug-likeness (QED) is 0.840. The van der Waals surface area contributed by atoms with E-state index in [9.17, 15) is 0 Å². The van der Waals surface area contributed by atoms with Crippen molar-refractivity contribution in [3.63, 3.8) is 0 Å². The standard InChI is InChI=1S/C12H17N5O/c1-3-14-12-15-11(13)17(16-12)9-5-7-10(8-6-9)18-4-2/h5-8H,3-4H2,1-2H3,(H3,13,14,15,16). The van der Waals surface area contributed by atoms with Gasteiger partial charge in [0.05, 0.1) is 12.3 Å². The highest BCUT2D eigenvalue weighted by atomic mass is 16.5. The Bertz CT molecular complexity index is 506. The molecule has 1 aromatic heterocycles. The summed E-state index contributed by atoms with van der Waals surface area (Å²) in [4.78, 5) is 4.12. The average molecular weight is 247 g/mol. The predicted molar refractivity (Wildman–Crippen MR) is 71.1 cm³/mol. The number of aromatic nitrogens is 3. The fourth-order valence-electron chi connectivity index (χ4n) is 1.60. The molecule has 1 heterocycles. The number of benzene rings is 1. The third kappa shape index (κ3) is 2.53. The molecule has 0 fully saturated rings. The number of nitrogens with one attached hydrogen (secondary N) is 1. The molecule has 0 unspecified atom stereocenters. The normalized spacial score (nSPS) is 10.3. The van der Waals surface area contributed by atoms with Crippen molar-refractivity contribution in [1.29, 1.82) is 0 Å². The average Bonchev–Trinajstić information content (AvgIpc) is 2.72. The fourth-order valence-corrected chi connectivity index (χ4v) is 1.60. The van der Waals surface area contributed by atoms with Gasteiger partial charge in [0.15, 0.2) is 0 Å². The number of hydrogen-bond donors (Lipinski definition) is 2. The lowest BCUT2D eigenvalue weighted by molar-refractivity contribution is 0.340. The molecule has 0 aliphatic rings. The van der Waals surface area contributed by atoms with E-state index in [0.29, 0.717) is 18.5 Å². The van der Waals surface area contributed by atoms with Crippen LogP contribution < -0.4 is 15.8 Å². The van der Waals surface area contributed by atoms with E-state index in [1.807, 2.05) is 38.1 Å². The number of hydrogen-bond acceptors (Lipinski definition) is 5. The van der Waals surface area contributed by atoms with Gasteiger partial charge in [0, 0.05) is 6.54 Å². The maximum absolute atomic E-state index is 5.82. The van der Waals surface area contributed by atoms with Gasteiger partial charge >= 0.3 is 0 Å². The van der Waals surface area contributed by atoms with Crippen molar-refractivity contribution in [3.8, 4) is 11.4 Å². The first kappa shape index (κ1) is 12.2. The Hall–Kier alpha value is -2.24. The lowest BCUT2D eigenvalue weighted by Gasteiger charge is -2.05. The molecule has 2 rings (SSSR count). The number of nitrogens with zero attached hydrogens (tertiary/aromatic N) is 3. The van der Waals surface area contributed by atoms with Gasteiger partial charge in [-0.3, -0.25) is 0 Å². The molecule has 6 heteroatoms. The Labute approximate surface area is 106 Å². The van der Waals surface area contributed by atoms with Crippen molar-refractivity contribution in [2.24, 2.45) is 0 Å². The van der Waals surface area contributed by atoms with E-state index in [1.165, 1.54) is 0 Å². The maximum Gasteiger partial charge on any atom is 0.244 e. The molecule has 0 aliphatic heterocycles. The van der Waals surface area contributed by atoms with Crippen LogP contribution in [-0.4, -0.2) is 27.9 Å². The van der Waals surface area contributed by atoms with Crippen molar-refractivity contribution in [2.75, 3.05) is 24.2 Å². The largest absolute Gasteiger partial charge is 0.494 e. The van der Waals surface area contributed by atoms with Gasteiger partial charge in [-0.1, -0.05) is 0 Å².